The number of likely N-dealkylation sites (tertiary alicyclic amines) is 1. The average Bonchev–Trinajstić information content (AvgIpc) is 2.30. The molecule has 1 heterocycles. The second-order valence-electron chi connectivity index (χ2n) is 5.44. The summed E-state index contributed by atoms with van der Waals surface area (Å²) < 4.78 is 0. The van der Waals surface area contributed by atoms with Crippen LogP contribution in [0.15, 0.2) is 0 Å². The minimum atomic E-state index is -0.655. The lowest BCUT2D eigenvalue weighted by molar-refractivity contribution is -0.138. The first kappa shape index (κ1) is 14.5. The molecule has 100 valence electrons. The van der Waals surface area contributed by atoms with Crippen molar-refractivity contribution < 1.29 is 9.90 Å². The molecule has 0 radical (unpaired) electrons. The lowest BCUT2D eigenvalue weighted by Crippen LogP contribution is -2.44. The quantitative estimate of drug-likeness (QED) is 0.777. The number of carboxylic acids is 1. The van der Waals surface area contributed by atoms with Gasteiger partial charge < -0.3 is 10.0 Å². The number of hydrogen-bond donors (Lipinski definition) is 1. The van der Waals surface area contributed by atoms with Crippen LogP contribution in [0.1, 0.15) is 52.9 Å². The number of piperidine rings is 1. The third-order valence-electron chi connectivity index (χ3n) is 4.25. The van der Waals surface area contributed by atoms with Gasteiger partial charge in [-0.15, -0.1) is 0 Å². The summed E-state index contributed by atoms with van der Waals surface area (Å²) >= 11 is 0. The summed E-state index contributed by atoms with van der Waals surface area (Å²) in [4.78, 5) is 13.3. The molecule has 1 aliphatic rings. The zero-order valence-electron chi connectivity index (χ0n) is 11.5. The normalized spacial score (nSPS) is 23.9. The Morgan fingerprint density at radius 2 is 2.06 bits per heavy atom. The van der Waals surface area contributed by atoms with Crippen LogP contribution < -0.4 is 0 Å². The standard InChI is InChI=1S/C14H27NO2/c1-4-13(5-2)15-8-6-7-12(10-15)11(3)9-14(16)17/h11-13H,4-10H2,1-3H3,(H,16,17). The molecule has 1 aliphatic heterocycles. The van der Waals surface area contributed by atoms with E-state index in [4.69, 9.17) is 5.11 Å². The smallest absolute Gasteiger partial charge is 0.303 e. The summed E-state index contributed by atoms with van der Waals surface area (Å²) in [6, 6.07) is 0.690. The molecule has 0 aromatic carbocycles. The minimum absolute atomic E-state index is 0.310. The average molecular weight is 241 g/mol. The Bertz CT molecular complexity index is 238. The molecule has 1 fully saturated rings. The summed E-state index contributed by atoms with van der Waals surface area (Å²) in [5.74, 6) is 0.224. The van der Waals surface area contributed by atoms with Crippen LogP contribution in [-0.4, -0.2) is 35.1 Å². The van der Waals surface area contributed by atoms with E-state index in [-0.39, 0.29) is 0 Å². The number of carbonyl (C=O) groups is 1. The predicted molar refractivity (Wildman–Crippen MR) is 70.1 cm³/mol. The molecule has 0 aliphatic carbocycles. The Morgan fingerprint density at radius 3 is 2.59 bits per heavy atom. The highest BCUT2D eigenvalue weighted by atomic mass is 16.4. The summed E-state index contributed by atoms with van der Waals surface area (Å²) in [6.45, 7) is 8.88. The minimum Gasteiger partial charge on any atom is -0.481 e. The van der Waals surface area contributed by atoms with Crippen LogP contribution in [0.5, 0.6) is 0 Å². The van der Waals surface area contributed by atoms with Crippen LogP contribution in [0, 0.1) is 11.8 Å². The van der Waals surface area contributed by atoms with Crippen molar-refractivity contribution in [3.63, 3.8) is 0 Å². The van der Waals surface area contributed by atoms with Gasteiger partial charge in [-0.1, -0.05) is 20.8 Å². The van der Waals surface area contributed by atoms with Gasteiger partial charge in [0.1, 0.15) is 0 Å². The molecule has 1 N–H and O–H groups in total. The first-order chi connectivity index (χ1) is 8.08. The molecule has 2 unspecified atom stereocenters. The fraction of sp³-hybridized carbons (Fsp3) is 0.929. The second kappa shape index (κ2) is 7.00. The zero-order valence-corrected chi connectivity index (χ0v) is 11.5. The molecular weight excluding hydrogens is 214 g/mol. The summed E-state index contributed by atoms with van der Waals surface area (Å²) in [5.41, 5.74) is 0. The van der Waals surface area contributed by atoms with Crippen molar-refractivity contribution in [1.29, 1.82) is 0 Å². The third-order valence-corrected chi connectivity index (χ3v) is 4.25. The number of nitrogens with zero attached hydrogens (tertiary/aromatic N) is 1. The number of rotatable bonds is 6. The monoisotopic (exact) mass is 241 g/mol. The Labute approximate surface area is 105 Å². The molecular formula is C14H27NO2. The van der Waals surface area contributed by atoms with Gasteiger partial charge in [-0.3, -0.25) is 4.79 Å². The van der Waals surface area contributed by atoms with Crippen molar-refractivity contribution in [3.8, 4) is 0 Å². The Balaban J connectivity index is 2.50. The van der Waals surface area contributed by atoms with Crippen molar-refractivity contribution in [3.05, 3.63) is 0 Å². The van der Waals surface area contributed by atoms with Gasteiger partial charge in [0.2, 0.25) is 0 Å². The van der Waals surface area contributed by atoms with Gasteiger partial charge in [-0.2, -0.15) is 0 Å². The van der Waals surface area contributed by atoms with Crippen LogP contribution in [0.4, 0.5) is 0 Å². The molecule has 0 aromatic rings. The van der Waals surface area contributed by atoms with Gasteiger partial charge in [-0.25, -0.2) is 0 Å². The van der Waals surface area contributed by atoms with E-state index in [9.17, 15) is 4.79 Å². The van der Waals surface area contributed by atoms with Crippen LogP contribution >= 0.6 is 0 Å². The van der Waals surface area contributed by atoms with Crippen LogP contribution in [0.25, 0.3) is 0 Å². The maximum Gasteiger partial charge on any atom is 0.303 e. The van der Waals surface area contributed by atoms with Crippen molar-refractivity contribution in [2.75, 3.05) is 13.1 Å². The molecule has 3 heteroatoms. The van der Waals surface area contributed by atoms with Gasteiger partial charge in [-0.05, 0) is 44.1 Å². The zero-order chi connectivity index (χ0) is 12.8. The molecule has 0 amide bonds. The second-order valence-corrected chi connectivity index (χ2v) is 5.44. The summed E-state index contributed by atoms with van der Waals surface area (Å²) in [6.07, 6.45) is 5.16. The molecule has 0 saturated carbocycles. The van der Waals surface area contributed by atoms with Crippen molar-refractivity contribution in [2.45, 2.75) is 58.9 Å². The lowest BCUT2D eigenvalue weighted by atomic mass is 9.84. The van der Waals surface area contributed by atoms with Crippen molar-refractivity contribution in [1.82, 2.24) is 4.90 Å². The van der Waals surface area contributed by atoms with E-state index in [1.807, 2.05) is 0 Å². The molecule has 0 bridgehead atoms. The van der Waals surface area contributed by atoms with E-state index in [1.165, 1.54) is 32.2 Å². The van der Waals surface area contributed by atoms with Gasteiger partial charge >= 0.3 is 5.97 Å². The van der Waals surface area contributed by atoms with Gasteiger partial charge in [0.25, 0.3) is 0 Å². The van der Waals surface area contributed by atoms with Gasteiger partial charge in [0, 0.05) is 19.0 Å². The molecule has 1 rings (SSSR count). The summed E-state index contributed by atoms with van der Waals surface area (Å²) in [7, 11) is 0. The first-order valence-corrected chi connectivity index (χ1v) is 7.04. The fourth-order valence-corrected chi connectivity index (χ4v) is 3.08. The highest BCUT2D eigenvalue weighted by Gasteiger charge is 2.28. The van der Waals surface area contributed by atoms with E-state index < -0.39 is 5.97 Å². The maximum absolute atomic E-state index is 10.8. The fourth-order valence-electron chi connectivity index (χ4n) is 3.08. The van der Waals surface area contributed by atoms with E-state index in [0.29, 0.717) is 24.3 Å². The molecule has 1 saturated heterocycles. The maximum atomic E-state index is 10.8. The Kier molecular flexibility index (Phi) is 5.96. The third kappa shape index (κ3) is 4.30. The van der Waals surface area contributed by atoms with Gasteiger partial charge in [0.15, 0.2) is 0 Å². The van der Waals surface area contributed by atoms with Crippen LogP contribution in [0.2, 0.25) is 0 Å². The predicted octanol–water partition coefficient (Wildman–Crippen LogP) is 3.00. The van der Waals surface area contributed by atoms with Crippen molar-refractivity contribution >= 4 is 5.97 Å². The number of carboxylic acid groups (broad SMARTS) is 1. The molecule has 2 atom stereocenters. The van der Waals surface area contributed by atoms with Crippen LogP contribution in [-0.2, 0) is 4.79 Å². The largest absolute Gasteiger partial charge is 0.481 e. The van der Waals surface area contributed by atoms with E-state index in [2.05, 4.69) is 25.7 Å². The number of aliphatic carboxylic acids is 1. The topological polar surface area (TPSA) is 40.5 Å². The molecule has 0 aromatic heterocycles. The number of hydrogen-bond acceptors (Lipinski definition) is 2. The Hall–Kier alpha value is -0.570. The van der Waals surface area contributed by atoms with Gasteiger partial charge in [0.05, 0.1) is 0 Å². The SMILES string of the molecule is CCC(CC)N1CCCC(C(C)CC(=O)O)C1. The van der Waals surface area contributed by atoms with E-state index in [1.54, 1.807) is 0 Å². The Morgan fingerprint density at radius 1 is 1.41 bits per heavy atom. The van der Waals surface area contributed by atoms with Crippen molar-refractivity contribution in [2.24, 2.45) is 11.8 Å². The first-order valence-electron chi connectivity index (χ1n) is 7.04. The van der Waals surface area contributed by atoms with Crippen LogP contribution in [0.3, 0.4) is 0 Å². The summed E-state index contributed by atoms with van der Waals surface area (Å²) in [5, 5.41) is 8.87. The molecule has 0 spiro atoms. The van der Waals surface area contributed by atoms with E-state index in [0.717, 1.165) is 6.54 Å². The van der Waals surface area contributed by atoms with E-state index >= 15 is 0 Å². The molecule has 17 heavy (non-hydrogen) atoms. The molecule has 3 nitrogen and oxygen atoms in total. The highest BCUT2D eigenvalue weighted by molar-refractivity contribution is 5.66. The lowest BCUT2D eigenvalue weighted by Gasteiger charge is -2.39. The highest BCUT2D eigenvalue weighted by Crippen LogP contribution is 2.28.